The highest BCUT2D eigenvalue weighted by molar-refractivity contribution is 5.40. The maximum absolute atomic E-state index is 5.86. The van der Waals surface area contributed by atoms with Crippen LogP contribution in [0.4, 0.5) is 5.69 Å². The van der Waals surface area contributed by atoms with E-state index in [4.69, 9.17) is 5.73 Å². The van der Waals surface area contributed by atoms with E-state index in [2.05, 4.69) is 10.3 Å². The van der Waals surface area contributed by atoms with Crippen LogP contribution in [-0.4, -0.2) is 17.6 Å². The Kier molecular flexibility index (Phi) is 2.99. The van der Waals surface area contributed by atoms with Gasteiger partial charge in [-0.1, -0.05) is 0 Å². The quantitative estimate of drug-likeness (QED) is 0.763. The SMILES string of the molecule is NC1CCC(CNc2ccncc2)C1. The molecule has 3 nitrogen and oxygen atoms in total. The van der Waals surface area contributed by atoms with Crippen LogP contribution in [0.1, 0.15) is 19.3 Å². The first-order valence-electron chi connectivity index (χ1n) is 5.24. The zero-order valence-electron chi connectivity index (χ0n) is 8.32. The lowest BCUT2D eigenvalue weighted by atomic mass is 10.1. The molecular weight excluding hydrogens is 174 g/mol. The first-order chi connectivity index (χ1) is 6.84. The van der Waals surface area contributed by atoms with Crippen molar-refractivity contribution >= 4 is 5.69 Å². The van der Waals surface area contributed by atoms with Crippen LogP contribution < -0.4 is 11.1 Å². The fraction of sp³-hybridized carbons (Fsp3) is 0.545. The molecule has 1 fully saturated rings. The Hall–Kier alpha value is -1.09. The molecular formula is C11H17N3. The maximum atomic E-state index is 5.86. The molecule has 1 heterocycles. The largest absolute Gasteiger partial charge is 0.385 e. The van der Waals surface area contributed by atoms with E-state index in [0.29, 0.717) is 6.04 Å². The van der Waals surface area contributed by atoms with Gasteiger partial charge in [-0.25, -0.2) is 0 Å². The molecule has 0 radical (unpaired) electrons. The molecule has 1 aliphatic rings. The number of rotatable bonds is 3. The van der Waals surface area contributed by atoms with Gasteiger partial charge in [0.25, 0.3) is 0 Å². The minimum absolute atomic E-state index is 0.430. The van der Waals surface area contributed by atoms with Crippen LogP contribution >= 0.6 is 0 Å². The summed E-state index contributed by atoms with van der Waals surface area (Å²) in [5.74, 6) is 0.748. The second-order valence-corrected chi connectivity index (χ2v) is 4.06. The molecule has 1 aromatic heterocycles. The molecule has 0 aromatic carbocycles. The number of pyridine rings is 1. The van der Waals surface area contributed by atoms with Gasteiger partial charge in [0.05, 0.1) is 0 Å². The lowest BCUT2D eigenvalue weighted by molar-refractivity contribution is 0.566. The van der Waals surface area contributed by atoms with Crippen LogP contribution in [-0.2, 0) is 0 Å². The van der Waals surface area contributed by atoms with E-state index in [1.165, 1.54) is 12.8 Å². The van der Waals surface area contributed by atoms with Crippen LogP contribution in [0.15, 0.2) is 24.5 Å². The number of anilines is 1. The third-order valence-electron chi connectivity index (χ3n) is 2.86. The third-order valence-corrected chi connectivity index (χ3v) is 2.86. The van der Waals surface area contributed by atoms with Gasteiger partial charge in [0.1, 0.15) is 0 Å². The van der Waals surface area contributed by atoms with Crippen molar-refractivity contribution in [1.82, 2.24) is 4.98 Å². The Labute approximate surface area is 84.7 Å². The highest BCUT2D eigenvalue weighted by atomic mass is 14.9. The van der Waals surface area contributed by atoms with E-state index in [1.807, 2.05) is 24.5 Å². The van der Waals surface area contributed by atoms with E-state index in [9.17, 15) is 0 Å². The number of hydrogen-bond donors (Lipinski definition) is 2. The number of nitrogens with two attached hydrogens (primary N) is 1. The predicted octanol–water partition coefficient (Wildman–Crippen LogP) is 1.62. The van der Waals surface area contributed by atoms with E-state index in [-0.39, 0.29) is 0 Å². The molecule has 1 saturated carbocycles. The number of hydrogen-bond acceptors (Lipinski definition) is 3. The number of nitrogens with one attached hydrogen (secondary N) is 1. The first kappa shape index (κ1) is 9.46. The van der Waals surface area contributed by atoms with E-state index in [0.717, 1.165) is 24.6 Å². The second-order valence-electron chi connectivity index (χ2n) is 4.06. The van der Waals surface area contributed by atoms with Crippen LogP contribution in [0.25, 0.3) is 0 Å². The van der Waals surface area contributed by atoms with Crippen LogP contribution in [0.3, 0.4) is 0 Å². The monoisotopic (exact) mass is 191 g/mol. The van der Waals surface area contributed by atoms with Crippen LogP contribution in [0.5, 0.6) is 0 Å². The van der Waals surface area contributed by atoms with Gasteiger partial charge in [0.15, 0.2) is 0 Å². The molecule has 3 heteroatoms. The van der Waals surface area contributed by atoms with Crippen LogP contribution in [0, 0.1) is 5.92 Å². The van der Waals surface area contributed by atoms with E-state index < -0.39 is 0 Å². The summed E-state index contributed by atoms with van der Waals surface area (Å²) in [6, 6.07) is 4.42. The summed E-state index contributed by atoms with van der Waals surface area (Å²) in [6.07, 6.45) is 7.23. The Morgan fingerprint density at radius 1 is 1.36 bits per heavy atom. The molecule has 0 amide bonds. The molecule has 1 aromatic rings. The maximum Gasteiger partial charge on any atom is 0.0371 e. The van der Waals surface area contributed by atoms with E-state index >= 15 is 0 Å². The number of aromatic nitrogens is 1. The van der Waals surface area contributed by atoms with Crippen molar-refractivity contribution in [3.05, 3.63) is 24.5 Å². The van der Waals surface area contributed by atoms with Gasteiger partial charge in [0, 0.05) is 30.7 Å². The standard InChI is InChI=1S/C11H17N3/c12-10-2-1-9(7-10)8-14-11-3-5-13-6-4-11/h3-6,9-10H,1-2,7-8,12H2,(H,13,14). The first-order valence-corrected chi connectivity index (χ1v) is 5.24. The average Bonchev–Trinajstić information content (AvgIpc) is 2.63. The zero-order chi connectivity index (χ0) is 9.80. The summed E-state index contributed by atoms with van der Waals surface area (Å²) in [7, 11) is 0. The minimum atomic E-state index is 0.430. The summed E-state index contributed by atoms with van der Waals surface area (Å²) in [5, 5.41) is 3.41. The normalized spacial score (nSPS) is 26.4. The summed E-state index contributed by atoms with van der Waals surface area (Å²) < 4.78 is 0. The van der Waals surface area contributed by atoms with Gasteiger partial charge in [-0.05, 0) is 37.3 Å². The van der Waals surface area contributed by atoms with Crippen molar-refractivity contribution in [2.45, 2.75) is 25.3 Å². The molecule has 2 atom stereocenters. The Morgan fingerprint density at radius 2 is 2.14 bits per heavy atom. The van der Waals surface area contributed by atoms with Gasteiger partial charge in [-0.15, -0.1) is 0 Å². The summed E-state index contributed by atoms with van der Waals surface area (Å²) >= 11 is 0. The van der Waals surface area contributed by atoms with Crippen molar-refractivity contribution in [1.29, 1.82) is 0 Å². The molecule has 0 bridgehead atoms. The van der Waals surface area contributed by atoms with Gasteiger partial charge >= 0.3 is 0 Å². The molecule has 2 unspecified atom stereocenters. The fourth-order valence-corrected chi connectivity index (χ4v) is 2.03. The highest BCUT2D eigenvalue weighted by Gasteiger charge is 2.20. The summed E-state index contributed by atoms with van der Waals surface area (Å²) in [6.45, 7) is 1.04. The molecule has 3 N–H and O–H groups in total. The molecule has 76 valence electrons. The molecule has 0 aliphatic heterocycles. The van der Waals surface area contributed by atoms with Crippen molar-refractivity contribution in [2.24, 2.45) is 11.7 Å². The lowest BCUT2D eigenvalue weighted by Crippen LogP contribution is -2.17. The molecule has 0 spiro atoms. The van der Waals surface area contributed by atoms with Gasteiger partial charge in [-0.3, -0.25) is 4.98 Å². The average molecular weight is 191 g/mol. The Balaban J connectivity index is 1.78. The predicted molar refractivity (Wildman–Crippen MR) is 58.0 cm³/mol. The highest BCUT2D eigenvalue weighted by Crippen LogP contribution is 2.24. The molecule has 0 saturated heterocycles. The lowest BCUT2D eigenvalue weighted by Gasteiger charge is -2.11. The van der Waals surface area contributed by atoms with Crippen LogP contribution in [0.2, 0.25) is 0 Å². The Bertz CT molecular complexity index is 273. The fourth-order valence-electron chi connectivity index (χ4n) is 2.03. The molecule has 1 aliphatic carbocycles. The van der Waals surface area contributed by atoms with Crippen molar-refractivity contribution in [3.8, 4) is 0 Å². The minimum Gasteiger partial charge on any atom is -0.385 e. The second kappa shape index (κ2) is 4.42. The van der Waals surface area contributed by atoms with Crippen molar-refractivity contribution in [2.75, 3.05) is 11.9 Å². The summed E-state index contributed by atoms with van der Waals surface area (Å²) in [5.41, 5.74) is 7.01. The smallest absolute Gasteiger partial charge is 0.0371 e. The number of nitrogens with zero attached hydrogens (tertiary/aromatic N) is 1. The topological polar surface area (TPSA) is 50.9 Å². The third kappa shape index (κ3) is 2.45. The molecule has 2 rings (SSSR count). The molecule has 14 heavy (non-hydrogen) atoms. The van der Waals surface area contributed by atoms with Gasteiger partial charge in [-0.2, -0.15) is 0 Å². The van der Waals surface area contributed by atoms with Crippen molar-refractivity contribution in [3.63, 3.8) is 0 Å². The van der Waals surface area contributed by atoms with E-state index in [1.54, 1.807) is 0 Å². The van der Waals surface area contributed by atoms with Gasteiger partial charge < -0.3 is 11.1 Å². The Morgan fingerprint density at radius 3 is 2.79 bits per heavy atom. The summed E-state index contributed by atoms with van der Waals surface area (Å²) in [4.78, 5) is 3.98. The zero-order valence-corrected chi connectivity index (χ0v) is 8.32. The van der Waals surface area contributed by atoms with Gasteiger partial charge in [0.2, 0.25) is 0 Å². The van der Waals surface area contributed by atoms with Crippen molar-refractivity contribution < 1.29 is 0 Å².